The van der Waals surface area contributed by atoms with Gasteiger partial charge in [0.1, 0.15) is 22.3 Å². The number of nitrogens with two attached hydrogens (primary N) is 3. The minimum Gasteiger partial charge on any atom is -0.399 e. The van der Waals surface area contributed by atoms with Crippen LogP contribution in [0.1, 0.15) is 48.8 Å². The third-order valence-electron chi connectivity index (χ3n) is 8.07. The van der Waals surface area contributed by atoms with Gasteiger partial charge in [-0.2, -0.15) is 0 Å². The minimum atomic E-state index is -0.466. The Morgan fingerprint density at radius 2 is 1.90 bits per heavy atom. The van der Waals surface area contributed by atoms with E-state index in [-0.39, 0.29) is 17.9 Å². The Hall–Kier alpha value is -3.57. The lowest BCUT2D eigenvalue weighted by Crippen LogP contribution is -2.47. The molecule has 0 radical (unpaired) electrons. The van der Waals surface area contributed by atoms with Gasteiger partial charge in [0.05, 0.1) is 54.6 Å². The molecule has 2 aromatic heterocycles. The van der Waals surface area contributed by atoms with Crippen LogP contribution in [0.3, 0.4) is 0 Å². The van der Waals surface area contributed by atoms with Crippen molar-refractivity contribution in [2.75, 3.05) is 81.2 Å². The molecule has 0 aliphatic carbocycles. The first-order chi connectivity index (χ1) is 23.6. The van der Waals surface area contributed by atoms with Crippen LogP contribution in [-0.4, -0.2) is 102 Å². The number of thiazole rings is 1. The molecule has 16 heteroatoms. The van der Waals surface area contributed by atoms with Crippen molar-refractivity contribution in [2.45, 2.75) is 47.1 Å². The number of amides is 1. The van der Waals surface area contributed by atoms with Crippen molar-refractivity contribution in [3.05, 3.63) is 63.6 Å². The molecule has 0 spiro atoms. The largest absolute Gasteiger partial charge is 0.399 e. The van der Waals surface area contributed by atoms with Crippen molar-refractivity contribution in [1.29, 1.82) is 0 Å². The molecule has 50 heavy (non-hydrogen) atoms. The molecule has 0 bridgehead atoms. The van der Waals surface area contributed by atoms with Gasteiger partial charge >= 0.3 is 0 Å². The van der Waals surface area contributed by atoms with Crippen molar-refractivity contribution < 1.29 is 14.3 Å². The first-order valence-corrected chi connectivity index (χ1v) is 17.8. The van der Waals surface area contributed by atoms with Crippen molar-refractivity contribution in [3.63, 3.8) is 0 Å². The number of rotatable bonds is 17. The predicted octanol–water partition coefficient (Wildman–Crippen LogP) is 4.09. The Balaban J connectivity index is 1.20. The fourth-order valence-corrected chi connectivity index (χ4v) is 6.09. The molecule has 0 atom stereocenters. The SMILES string of the molecule is Cc1nc(Nc2ncc(C(=O)Nc3c(C)cccc3Cl)s2)cc(N2CCN(CCOC/C(N)=C/N(N)CC(C)(C)OCC(C)(C)CN)CC2)n1. The number of hydrogen-bond acceptors (Lipinski definition) is 14. The van der Waals surface area contributed by atoms with Crippen LogP contribution in [0.4, 0.5) is 22.5 Å². The summed E-state index contributed by atoms with van der Waals surface area (Å²) in [5.41, 5.74) is 13.4. The summed E-state index contributed by atoms with van der Waals surface area (Å²) in [4.78, 5) is 31.5. The van der Waals surface area contributed by atoms with Gasteiger partial charge in [0.15, 0.2) is 5.13 Å². The quantitative estimate of drug-likeness (QED) is 0.0761. The molecule has 0 unspecified atom stereocenters. The first-order valence-electron chi connectivity index (χ1n) is 16.6. The molecule has 14 nitrogen and oxygen atoms in total. The van der Waals surface area contributed by atoms with Gasteiger partial charge in [-0.1, -0.05) is 48.9 Å². The number of carbonyl (C=O) groups excluding carboxylic acids is 1. The van der Waals surface area contributed by atoms with Crippen LogP contribution < -0.4 is 32.8 Å². The van der Waals surface area contributed by atoms with Crippen molar-refractivity contribution in [1.82, 2.24) is 24.9 Å². The lowest BCUT2D eigenvalue weighted by molar-refractivity contribution is -0.0641. The molecule has 0 saturated carbocycles. The molecule has 274 valence electrons. The number of para-hydroxylation sites is 1. The smallest absolute Gasteiger partial charge is 0.267 e. The van der Waals surface area contributed by atoms with E-state index in [0.717, 1.165) is 44.1 Å². The molecule has 1 amide bonds. The summed E-state index contributed by atoms with van der Waals surface area (Å²) in [6.07, 6.45) is 3.23. The highest BCUT2D eigenvalue weighted by Crippen LogP contribution is 2.28. The fraction of sp³-hybridized carbons (Fsp3) is 0.529. The molecule has 1 saturated heterocycles. The number of carbonyl (C=O) groups is 1. The molecule has 1 aliphatic rings. The first kappa shape index (κ1) is 39.2. The number of ether oxygens (including phenoxy) is 2. The van der Waals surface area contributed by atoms with E-state index >= 15 is 0 Å². The Labute approximate surface area is 304 Å². The Kier molecular flexibility index (Phi) is 13.8. The van der Waals surface area contributed by atoms with Gasteiger partial charge < -0.3 is 41.5 Å². The maximum Gasteiger partial charge on any atom is 0.267 e. The number of nitrogens with zero attached hydrogens (tertiary/aromatic N) is 6. The van der Waals surface area contributed by atoms with Gasteiger partial charge in [0, 0.05) is 50.4 Å². The van der Waals surface area contributed by atoms with E-state index in [9.17, 15) is 4.79 Å². The Morgan fingerprint density at radius 3 is 2.60 bits per heavy atom. The molecule has 8 N–H and O–H groups in total. The van der Waals surface area contributed by atoms with Gasteiger partial charge in [-0.15, -0.1) is 0 Å². The summed E-state index contributed by atoms with van der Waals surface area (Å²) in [6, 6.07) is 7.39. The number of halogens is 1. The van der Waals surface area contributed by atoms with Gasteiger partial charge in [-0.3, -0.25) is 9.69 Å². The van der Waals surface area contributed by atoms with Crippen LogP contribution in [0.5, 0.6) is 0 Å². The minimum absolute atomic E-state index is 0.0997. The summed E-state index contributed by atoms with van der Waals surface area (Å²) in [5.74, 6) is 7.99. The standard InChI is InChI=1S/C34H52ClN11O3S/c1-23-8-7-9-26(35)30(23)43-31(47)27-17-39-32(50-27)42-28-16-29(41-24(2)40-28)45-12-10-44(11-13-45)14-15-48-19-25(37)18-46(38)21-34(5,6)49-22-33(3,4)20-36/h7-9,16-18H,10-15,19-22,36-38H2,1-6H3,(H,43,47)(H,39,40,41,42)/b25-18-. The maximum atomic E-state index is 12.9. The van der Waals surface area contributed by atoms with Crippen molar-refractivity contribution in [3.8, 4) is 0 Å². The molecule has 1 aromatic carbocycles. The number of anilines is 4. The second-order valence-electron chi connectivity index (χ2n) is 13.9. The summed E-state index contributed by atoms with van der Waals surface area (Å²) >= 11 is 7.51. The molecule has 1 aliphatic heterocycles. The molecular formula is C34H52ClN11O3S. The molecular weight excluding hydrogens is 678 g/mol. The topological polar surface area (TPSA) is 186 Å². The van der Waals surface area contributed by atoms with E-state index in [0.29, 0.717) is 64.4 Å². The number of aryl methyl sites for hydroxylation is 2. The van der Waals surface area contributed by atoms with E-state index in [2.05, 4.69) is 49.2 Å². The highest BCUT2D eigenvalue weighted by molar-refractivity contribution is 7.17. The number of benzene rings is 1. The van der Waals surface area contributed by atoms with Crippen LogP contribution in [0.2, 0.25) is 5.02 Å². The number of hydrogen-bond donors (Lipinski definition) is 5. The molecule has 4 rings (SSSR count). The fourth-order valence-electron chi connectivity index (χ4n) is 5.10. The number of nitrogens with one attached hydrogen (secondary N) is 2. The number of aromatic nitrogens is 3. The second kappa shape index (κ2) is 17.6. The summed E-state index contributed by atoms with van der Waals surface area (Å²) in [5, 5.41) is 8.70. The van der Waals surface area contributed by atoms with E-state index in [1.165, 1.54) is 17.5 Å². The molecule has 1 fully saturated rings. The summed E-state index contributed by atoms with van der Waals surface area (Å²) in [7, 11) is 0. The van der Waals surface area contributed by atoms with Crippen LogP contribution in [-0.2, 0) is 9.47 Å². The van der Waals surface area contributed by atoms with Crippen LogP contribution >= 0.6 is 22.9 Å². The lowest BCUT2D eigenvalue weighted by Gasteiger charge is -2.35. The van der Waals surface area contributed by atoms with Gasteiger partial charge in [0.25, 0.3) is 5.91 Å². The molecule has 3 heterocycles. The van der Waals surface area contributed by atoms with Crippen LogP contribution in [0, 0.1) is 19.3 Å². The maximum absolute atomic E-state index is 12.9. The number of piperazine rings is 1. The average molecular weight is 730 g/mol. The summed E-state index contributed by atoms with van der Waals surface area (Å²) in [6.45, 7) is 18.4. The zero-order valence-corrected chi connectivity index (χ0v) is 31.5. The third-order valence-corrected chi connectivity index (χ3v) is 9.29. The van der Waals surface area contributed by atoms with Gasteiger partial charge in [-0.05, 0) is 45.9 Å². The number of hydrazine groups is 1. The Morgan fingerprint density at radius 1 is 1.16 bits per heavy atom. The van der Waals surface area contributed by atoms with Crippen LogP contribution in [0.15, 0.2) is 42.4 Å². The van der Waals surface area contributed by atoms with E-state index < -0.39 is 5.60 Å². The highest BCUT2D eigenvalue weighted by atomic mass is 35.5. The Bertz CT molecular complexity index is 1590. The monoisotopic (exact) mass is 729 g/mol. The zero-order chi connectivity index (χ0) is 36.5. The van der Waals surface area contributed by atoms with Crippen LogP contribution in [0.25, 0.3) is 0 Å². The third kappa shape index (κ3) is 12.0. The normalized spacial score (nSPS) is 14.6. The lowest BCUT2D eigenvalue weighted by atomic mass is 9.95. The van der Waals surface area contributed by atoms with Gasteiger partial charge in [-0.25, -0.2) is 20.8 Å². The van der Waals surface area contributed by atoms with Gasteiger partial charge in [0.2, 0.25) is 0 Å². The van der Waals surface area contributed by atoms with E-state index in [1.54, 1.807) is 17.3 Å². The highest BCUT2D eigenvalue weighted by Gasteiger charge is 2.25. The summed E-state index contributed by atoms with van der Waals surface area (Å²) < 4.78 is 11.9. The van der Waals surface area contributed by atoms with Crippen molar-refractivity contribution >= 4 is 51.3 Å². The average Bonchev–Trinajstić information content (AvgIpc) is 3.52. The second-order valence-corrected chi connectivity index (χ2v) is 15.3. The molecule has 3 aromatic rings. The predicted molar refractivity (Wildman–Crippen MR) is 202 cm³/mol. The van der Waals surface area contributed by atoms with E-state index in [1.807, 2.05) is 45.9 Å². The van der Waals surface area contributed by atoms with Crippen molar-refractivity contribution in [2.24, 2.45) is 22.7 Å². The zero-order valence-electron chi connectivity index (χ0n) is 30.0. The van der Waals surface area contributed by atoms with E-state index in [4.69, 9.17) is 38.4 Å².